The summed E-state index contributed by atoms with van der Waals surface area (Å²) in [5.41, 5.74) is 0.119. The summed E-state index contributed by atoms with van der Waals surface area (Å²) in [4.78, 5) is 28.2. The number of β-lactam (4-membered cyclic amide) rings is 1. The number of nitrogens with one attached hydrogen (secondary N) is 1. The van der Waals surface area contributed by atoms with E-state index in [1.165, 1.54) is 4.90 Å². The highest BCUT2D eigenvalue weighted by Crippen LogP contribution is 2.48. The van der Waals surface area contributed by atoms with Crippen LogP contribution in [0, 0.1) is 5.92 Å². The molecular weight excluding hydrogens is 354 g/mol. The van der Waals surface area contributed by atoms with E-state index in [0.29, 0.717) is 12.5 Å². The second kappa shape index (κ2) is 7.72. The molecule has 0 spiro atoms. The number of carboxylic acid groups (broad SMARTS) is 1. The number of hydrogen-bond donors (Lipinski definition) is 3. The van der Waals surface area contributed by atoms with Crippen LogP contribution < -0.4 is 5.32 Å². The third kappa shape index (κ3) is 3.69. The van der Waals surface area contributed by atoms with Crippen molar-refractivity contribution >= 4 is 23.6 Å². The van der Waals surface area contributed by atoms with Crippen LogP contribution in [0.5, 0.6) is 0 Å². The molecule has 3 aliphatic heterocycles. The first-order valence-corrected chi connectivity index (χ1v) is 9.86. The van der Waals surface area contributed by atoms with Gasteiger partial charge in [-0.05, 0) is 27.4 Å². The van der Waals surface area contributed by atoms with Crippen molar-refractivity contribution in [2.45, 2.75) is 43.2 Å². The van der Waals surface area contributed by atoms with E-state index in [1.807, 2.05) is 14.1 Å². The molecule has 0 unspecified atom stereocenters. The number of carbonyl (C=O) groups excluding carboxylic acids is 1. The van der Waals surface area contributed by atoms with Gasteiger partial charge in [0.25, 0.3) is 0 Å². The Morgan fingerprint density at radius 1 is 1.50 bits per heavy atom. The molecular formula is C18H27N3O4S. The molecule has 0 aromatic rings. The Morgan fingerprint density at radius 3 is 2.85 bits per heavy atom. The lowest BCUT2D eigenvalue weighted by atomic mass is 9.83. The summed E-state index contributed by atoms with van der Waals surface area (Å²) in [6.45, 7) is 3.30. The van der Waals surface area contributed by atoms with Crippen molar-refractivity contribution in [3.63, 3.8) is 0 Å². The Balaban J connectivity index is 1.64. The number of likely N-dealkylation sites (N-methyl/N-ethyl adjacent to an activating group) is 1. The van der Waals surface area contributed by atoms with Gasteiger partial charge in [0.15, 0.2) is 0 Å². The molecule has 3 heterocycles. The number of thioether (sulfide) groups is 1. The largest absolute Gasteiger partial charge is 0.477 e. The number of aliphatic hydroxyl groups excluding tert-OH is 1. The zero-order valence-electron chi connectivity index (χ0n) is 15.4. The molecule has 3 aliphatic rings. The molecule has 0 aromatic carbocycles. The van der Waals surface area contributed by atoms with Crippen molar-refractivity contribution in [2.75, 3.05) is 27.2 Å². The maximum Gasteiger partial charge on any atom is 0.353 e. The molecule has 2 fully saturated rings. The van der Waals surface area contributed by atoms with Crippen LogP contribution in [-0.4, -0.2) is 82.5 Å². The van der Waals surface area contributed by atoms with Gasteiger partial charge in [-0.15, -0.1) is 11.8 Å². The number of carboxylic acids is 1. The van der Waals surface area contributed by atoms with Crippen LogP contribution in [0.2, 0.25) is 0 Å². The molecule has 3 N–H and O–H groups in total. The van der Waals surface area contributed by atoms with E-state index in [2.05, 4.69) is 22.4 Å². The van der Waals surface area contributed by atoms with E-state index in [-0.39, 0.29) is 22.9 Å². The fourth-order valence-electron chi connectivity index (χ4n) is 3.94. The van der Waals surface area contributed by atoms with E-state index >= 15 is 0 Å². The first-order chi connectivity index (χ1) is 12.3. The van der Waals surface area contributed by atoms with Gasteiger partial charge >= 0.3 is 5.97 Å². The maximum absolute atomic E-state index is 12.2. The van der Waals surface area contributed by atoms with Crippen LogP contribution in [0.25, 0.3) is 0 Å². The molecule has 26 heavy (non-hydrogen) atoms. The van der Waals surface area contributed by atoms with Crippen LogP contribution in [0.1, 0.15) is 19.8 Å². The molecule has 3 rings (SSSR count). The second-order valence-corrected chi connectivity index (χ2v) is 8.90. The summed E-state index contributed by atoms with van der Waals surface area (Å²) in [5.74, 6) is -1.81. The third-order valence-electron chi connectivity index (χ3n) is 5.16. The van der Waals surface area contributed by atoms with Gasteiger partial charge < -0.3 is 25.3 Å². The fraction of sp³-hybridized carbons (Fsp3) is 0.667. The predicted molar refractivity (Wildman–Crippen MR) is 101 cm³/mol. The van der Waals surface area contributed by atoms with Crippen LogP contribution in [-0.2, 0) is 9.59 Å². The Hall–Kier alpha value is -1.35. The highest BCUT2D eigenvalue weighted by molar-refractivity contribution is 8.03. The van der Waals surface area contributed by atoms with Gasteiger partial charge in [0.1, 0.15) is 5.70 Å². The quantitative estimate of drug-likeness (QED) is 0.436. The van der Waals surface area contributed by atoms with Crippen molar-refractivity contribution in [3.8, 4) is 0 Å². The molecule has 144 valence electrons. The Kier molecular flexibility index (Phi) is 5.76. The molecule has 0 radical (unpaired) electrons. The summed E-state index contributed by atoms with van der Waals surface area (Å²) < 4.78 is 0. The minimum Gasteiger partial charge on any atom is -0.477 e. The van der Waals surface area contributed by atoms with Gasteiger partial charge in [0.05, 0.1) is 18.1 Å². The Bertz CT molecular complexity index is 646. The number of fused-ring (bicyclic) bond motifs is 1. The molecule has 2 saturated heterocycles. The summed E-state index contributed by atoms with van der Waals surface area (Å²) in [6.07, 6.45) is 5.03. The summed E-state index contributed by atoms with van der Waals surface area (Å²) in [6, 6.07) is 0.0906. The second-order valence-electron chi connectivity index (χ2n) is 7.50. The van der Waals surface area contributed by atoms with Crippen LogP contribution >= 0.6 is 11.8 Å². The summed E-state index contributed by atoms with van der Waals surface area (Å²) in [5, 5.41) is 23.1. The number of amides is 1. The van der Waals surface area contributed by atoms with Crippen molar-refractivity contribution in [3.05, 3.63) is 22.8 Å². The first-order valence-electron chi connectivity index (χ1n) is 8.98. The van der Waals surface area contributed by atoms with Gasteiger partial charge in [-0.3, -0.25) is 4.79 Å². The van der Waals surface area contributed by atoms with Gasteiger partial charge in [0.2, 0.25) is 5.91 Å². The van der Waals surface area contributed by atoms with Gasteiger partial charge in [-0.25, -0.2) is 4.79 Å². The molecule has 8 heteroatoms. The average molecular weight is 381 g/mol. The Labute approximate surface area is 158 Å². The predicted octanol–water partition coefficient (Wildman–Crippen LogP) is 0.476. The molecule has 0 saturated carbocycles. The minimum atomic E-state index is -1.05. The fourth-order valence-corrected chi connectivity index (χ4v) is 5.39. The highest BCUT2D eigenvalue weighted by Gasteiger charge is 2.57. The molecule has 1 amide bonds. The normalized spacial score (nSPS) is 32.5. The summed E-state index contributed by atoms with van der Waals surface area (Å²) >= 11 is 1.57. The zero-order valence-corrected chi connectivity index (χ0v) is 16.2. The zero-order chi connectivity index (χ0) is 19.0. The lowest BCUT2D eigenvalue weighted by molar-refractivity contribution is -0.161. The maximum atomic E-state index is 12.2. The number of carbonyl (C=O) groups is 2. The van der Waals surface area contributed by atoms with Gasteiger partial charge in [-0.1, -0.05) is 12.2 Å². The van der Waals surface area contributed by atoms with Gasteiger partial charge in [0, 0.05) is 35.7 Å². The number of hydrogen-bond acceptors (Lipinski definition) is 6. The van der Waals surface area contributed by atoms with E-state index in [1.54, 1.807) is 18.7 Å². The standard InChI is InChI=1S/C18H27N3O4S/c1-10(22)15-13-8-14(16(18(24)25)21(13)17(15)23)26-12-7-11(19-9-12)5-4-6-20(2)3/h4-5,10-13,15,19,22H,6-9H2,1-3H3,(H,24,25)/b5-4-/t10-,11-,12+,13-,15-/m1/s1. The number of rotatable bonds is 7. The molecule has 0 aliphatic carbocycles. The van der Waals surface area contributed by atoms with E-state index in [9.17, 15) is 19.8 Å². The lowest BCUT2D eigenvalue weighted by Gasteiger charge is -2.44. The monoisotopic (exact) mass is 381 g/mol. The number of aliphatic carboxylic acids is 1. The lowest BCUT2D eigenvalue weighted by Crippen LogP contribution is -2.61. The molecule has 7 nitrogen and oxygen atoms in total. The number of nitrogens with zero attached hydrogens (tertiary/aromatic N) is 2. The third-order valence-corrected chi connectivity index (χ3v) is 6.50. The number of aliphatic hydroxyl groups is 1. The van der Waals surface area contributed by atoms with Crippen molar-refractivity contribution in [1.82, 2.24) is 15.1 Å². The van der Waals surface area contributed by atoms with Crippen molar-refractivity contribution < 1.29 is 19.8 Å². The smallest absolute Gasteiger partial charge is 0.353 e. The molecule has 0 aromatic heterocycles. The van der Waals surface area contributed by atoms with Crippen LogP contribution in [0.4, 0.5) is 0 Å². The topological polar surface area (TPSA) is 93.1 Å². The average Bonchev–Trinajstić information content (AvgIpc) is 3.09. The van der Waals surface area contributed by atoms with E-state index in [4.69, 9.17) is 0 Å². The minimum absolute atomic E-state index is 0.119. The molecule has 0 bridgehead atoms. The van der Waals surface area contributed by atoms with E-state index < -0.39 is 18.0 Å². The van der Waals surface area contributed by atoms with Crippen LogP contribution in [0.15, 0.2) is 22.8 Å². The first kappa shape index (κ1) is 19.4. The summed E-state index contributed by atoms with van der Waals surface area (Å²) in [7, 11) is 4.05. The van der Waals surface area contributed by atoms with E-state index in [0.717, 1.165) is 24.4 Å². The van der Waals surface area contributed by atoms with Gasteiger partial charge in [-0.2, -0.15) is 0 Å². The van der Waals surface area contributed by atoms with Crippen molar-refractivity contribution in [1.29, 1.82) is 0 Å². The Morgan fingerprint density at radius 2 is 2.23 bits per heavy atom. The molecule has 5 atom stereocenters. The van der Waals surface area contributed by atoms with Crippen LogP contribution in [0.3, 0.4) is 0 Å². The highest BCUT2D eigenvalue weighted by atomic mass is 32.2. The SMILES string of the molecule is C[C@@H](O)[C@H]1C(=O)N2C(C(=O)O)=C(S[C@@H]3CN[C@H](/C=C\CN(C)C)C3)C[C@H]12. The van der Waals surface area contributed by atoms with Crippen molar-refractivity contribution in [2.24, 2.45) is 5.92 Å².